The van der Waals surface area contributed by atoms with Crippen LogP contribution in [0.15, 0.2) is 48.7 Å². The highest BCUT2D eigenvalue weighted by Crippen LogP contribution is 2.29. The zero-order chi connectivity index (χ0) is 23.7. The van der Waals surface area contributed by atoms with Crippen molar-refractivity contribution < 1.29 is 14.8 Å². The van der Waals surface area contributed by atoms with Gasteiger partial charge in [0.05, 0.1) is 16.8 Å². The number of aromatic nitrogens is 4. The maximum absolute atomic E-state index is 11.9. The normalized spacial score (nSPS) is 10.9. The summed E-state index contributed by atoms with van der Waals surface area (Å²) in [6, 6.07) is 12.3. The molecule has 5 N–H and O–H groups in total. The van der Waals surface area contributed by atoms with E-state index in [0.29, 0.717) is 46.2 Å². The van der Waals surface area contributed by atoms with Gasteiger partial charge >= 0.3 is 7.12 Å². The van der Waals surface area contributed by atoms with Crippen molar-refractivity contribution >= 4 is 35.6 Å². The summed E-state index contributed by atoms with van der Waals surface area (Å²) < 4.78 is 1.83. The fourth-order valence-electron chi connectivity index (χ4n) is 3.71. The Kier molecular flexibility index (Phi) is 5.99. The molecule has 0 atom stereocenters. The molecule has 0 aliphatic heterocycles. The highest BCUT2D eigenvalue weighted by atomic mass is 16.4. The number of carbonyl (C=O) groups is 1. The van der Waals surface area contributed by atoms with E-state index in [2.05, 4.69) is 15.5 Å². The largest absolute Gasteiger partial charge is 0.488 e. The first-order chi connectivity index (χ1) is 15.8. The Hall–Kier alpha value is -3.96. The minimum atomic E-state index is -1.54. The van der Waals surface area contributed by atoms with Gasteiger partial charge in [-0.1, -0.05) is 24.3 Å². The molecule has 0 saturated carbocycles. The molecule has 10 nitrogen and oxygen atoms in total. The third kappa shape index (κ3) is 4.36. The lowest BCUT2D eigenvalue weighted by Gasteiger charge is -2.17. The molecule has 0 radical (unpaired) electrons. The van der Waals surface area contributed by atoms with Crippen LogP contribution < -0.4 is 21.4 Å². The van der Waals surface area contributed by atoms with Gasteiger partial charge in [-0.25, -0.2) is 4.98 Å². The molecule has 0 bridgehead atoms. The number of hydrogen-bond acceptors (Lipinski definition) is 8. The maximum atomic E-state index is 11.9. The van der Waals surface area contributed by atoms with Crippen LogP contribution in [-0.2, 0) is 6.54 Å². The van der Waals surface area contributed by atoms with Gasteiger partial charge in [-0.05, 0) is 41.7 Å². The number of benzene rings is 1. The Balaban J connectivity index is 1.74. The lowest BCUT2D eigenvalue weighted by atomic mass is 9.80. The maximum Gasteiger partial charge on any atom is 0.488 e. The van der Waals surface area contributed by atoms with E-state index in [1.54, 1.807) is 35.2 Å². The molecule has 4 rings (SSSR count). The Morgan fingerprint density at radius 2 is 1.97 bits per heavy atom. The molecule has 0 unspecified atom stereocenters. The van der Waals surface area contributed by atoms with Crippen LogP contribution in [0.1, 0.15) is 21.5 Å². The van der Waals surface area contributed by atoms with E-state index in [0.717, 1.165) is 11.1 Å². The number of aryl methyl sites for hydroxylation is 1. The molecule has 1 amide bonds. The van der Waals surface area contributed by atoms with E-state index in [4.69, 9.17) is 10.7 Å². The Morgan fingerprint density at radius 1 is 1.18 bits per heavy atom. The van der Waals surface area contributed by atoms with Crippen molar-refractivity contribution in [1.29, 1.82) is 0 Å². The highest BCUT2D eigenvalue weighted by Gasteiger charge is 2.19. The number of anilines is 2. The molecule has 4 aromatic rings. The third-order valence-electron chi connectivity index (χ3n) is 5.28. The van der Waals surface area contributed by atoms with Gasteiger partial charge in [0.1, 0.15) is 0 Å². The van der Waals surface area contributed by atoms with Gasteiger partial charge in [-0.2, -0.15) is 0 Å². The third-order valence-corrected chi connectivity index (χ3v) is 5.28. The predicted octanol–water partition coefficient (Wildman–Crippen LogP) is 0.557. The zero-order valence-electron chi connectivity index (χ0n) is 18.5. The number of rotatable bonds is 7. The van der Waals surface area contributed by atoms with Gasteiger partial charge in [0, 0.05) is 26.8 Å². The fourth-order valence-corrected chi connectivity index (χ4v) is 3.71. The Labute approximate surface area is 190 Å². The highest BCUT2D eigenvalue weighted by molar-refractivity contribution is 6.58. The summed E-state index contributed by atoms with van der Waals surface area (Å²) in [7, 11) is 2.15. The molecule has 0 aliphatic carbocycles. The quantitative estimate of drug-likeness (QED) is 0.302. The summed E-state index contributed by atoms with van der Waals surface area (Å²) in [6.45, 7) is 2.30. The second kappa shape index (κ2) is 8.89. The van der Waals surface area contributed by atoms with Crippen molar-refractivity contribution in [2.45, 2.75) is 13.5 Å². The van der Waals surface area contributed by atoms with E-state index < -0.39 is 13.0 Å². The van der Waals surface area contributed by atoms with E-state index in [-0.39, 0.29) is 0 Å². The number of nitrogens with two attached hydrogens (primary N) is 1. The van der Waals surface area contributed by atoms with Crippen molar-refractivity contribution in [3.05, 3.63) is 65.4 Å². The van der Waals surface area contributed by atoms with Crippen LogP contribution in [0.4, 0.5) is 11.6 Å². The molecule has 3 heterocycles. The molecule has 1 aromatic carbocycles. The van der Waals surface area contributed by atoms with Crippen LogP contribution in [0.25, 0.3) is 17.0 Å². The van der Waals surface area contributed by atoms with Crippen LogP contribution in [0.3, 0.4) is 0 Å². The fraction of sp³-hybridized carbons (Fsp3) is 0.182. The van der Waals surface area contributed by atoms with Gasteiger partial charge in [0.2, 0.25) is 5.82 Å². The standard InChI is InChI=1S/C22H24BN7O3/c1-13-10-17-16(19(24)31)8-5-9-30(17)18(13)20-26-21(22(28-27-20)29(2)3)25-12-14-6-4-7-15(11-14)23(32)33/h4-11,32-33H,12H2,1-3H3,(H2,24,31)(H,25,26,27). The van der Waals surface area contributed by atoms with Crippen LogP contribution >= 0.6 is 0 Å². The van der Waals surface area contributed by atoms with Crippen molar-refractivity contribution in [2.24, 2.45) is 5.73 Å². The molecular formula is C22H24BN7O3. The minimum absolute atomic E-state index is 0.388. The van der Waals surface area contributed by atoms with Crippen LogP contribution in [0.5, 0.6) is 0 Å². The molecule has 33 heavy (non-hydrogen) atoms. The van der Waals surface area contributed by atoms with Gasteiger partial charge in [-0.15, -0.1) is 10.2 Å². The van der Waals surface area contributed by atoms with Gasteiger partial charge in [-0.3, -0.25) is 4.79 Å². The average molecular weight is 445 g/mol. The molecule has 3 aromatic heterocycles. The second-order valence-corrected chi connectivity index (χ2v) is 7.89. The van der Waals surface area contributed by atoms with E-state index >= 15 is 0 Å². The summed E-state index contributed by atoms with van der Waals surface area (Å²) in [5.41, 5.74) is 9.46. The van der Waals surface area contributed by atoms with Crippen molar-refractivity contribution in [3.63, 3.8) is 0 Å². The van der Waals surface area contributed by atoms with Crippen molar-refractivity contribution in [2.75, 3.05) is 24.3 Å². The lowest BCUT2D eigenvalue weighted by Crippen LogP contribution is -2.30. The van der Waals surface area contributed by atoms with Crippen LogP contribution in [0.2, 0.25) is 0 Å². The average Bonchev–Trinajstić information content (AvgIpc) is 3.13. The predicted molar refractivity (Wildman–Crippen MR) is 127 cm³/mol. The first kappa shape index (κ1) is 22.2. The Bertz CT molecular complexity index is 1340. The Morgan fingerprint density at radius 3 is 2.67 bits per heavy atom. The molecule has 0 aliphatic rings. The number of primary amides is 1. The number of fused-ring (bicyclic) bond motifs is 1. The van der Waals surface area contributed by atoms with Crippen LogP contribution in [0, 0.1) is 6.92 Å². The molecule has 168 valence electrons. The number of amides is 1. The first-order valence-corrected chi connectivity index (χ1v) is 10.3. The minimum Gasteiger partial charge on any atom is -0.423 e. The summed E-state index contributed by atoms with van der Waals surface area (Å²) in [5, 5.41) is 30.8. The number of nitrogens with one attached hydrogen (secondary N) is 1. The SMILES string of the molecule is Cc1cc2c(C(N)=O)cccn2c1-c1nnc(N(C)C)c(NCc2cccc(B(O)O)c2)n1. The number of hydrogen-bond donors (Lipinski definition) is 4. The molecule has 11 heteroatoms. The topological polar surface area (TPSA) is 142 Å². The second-order valence-electron chi connectivity index (χ2n) is 7.89. The molecular weight excluding hydrogens is 421 g/mol. The number of nitrogens with zero attached hydrogens (tertiary/aromatic N) is 5. The molecule has 0 saturated heterocycles. The monoisotopic (exact) mass is 445 g/mol. The van der Waals surface area contributed by atoms with Gasteiger partial charge in [0.25, 0.3) is 5.91 Å². The van der Waals surface area contributed by atoms with E-state index in [1.165, 1.54) is 0 Å². The zero-order valence-corrected chi connectivity index (χ0v) is 18.5. The summed E-state index contributed by atoms with van der Waals surface area (Å²) in [5.74, 6) is 0.944. The van der Waals surface area contributed by atoms with Crippen molar-refractivity contribution in [3.8, 4) is 11.5 Å². The van der Waals surface area contributed by atoms with Crippen LogP contribution in [-0.4, -0.2) is 56.8 Å². The van der Waals surface area contributed by atoms with E-state index in [9.17, 15) is 14.8 Å². The molecule has 0 fully saturated rings. The first-order valence-electron chi connectivity index (χ1n) is 10.3. The lowest BCUT2D eigenvalue weighted by molar-refractivity contribution is 0.100. The van der Waals surface area contributed by atoms with Gasteiger partial charge in [0.15, 0.2) is 11.6 Å². The molecule has 0 spiro atoms. The smallest absolute Gasteiger partial charge is 0.423 e. The summed E-state index contributed by atoms with van der Waals surface area (Å²) in [4.78, 5) is 18.4. The summed E-state index contributed by atoms with van der Waals surface area (Å²) >= 11 is 0. The van der Waals surface area contributed by atoms with Crippen molar-refractivity contribution in [1.82, 2.24) is 19.6 Å². The number of pyridine rings is 1. The van der Waals surface area contributed by atoms with Gasteiger partial charge < -0.3 is 30.4 Å². The number of carbonyl (C=O) groups excluding carboxylic acids is 1. The summed E-state index contributed by atoms with van der Waals surface area (Å²) in [6.07, 6.45) is 1.83. The van der Waals surface area contributed by atoms with E-state index in [1.807, 2.05) is 43.7 Å².